The summed E-state index contributed by atoms with van der Waals surface area (Å²) in [6, 6.07) is 9.67. The predicted octanol–water partition coefficient (Wildman–Crippen LogP) is 2.76. The molecular formula is C24H25N7O3S. The molecule has 0 aliphatic heterocycles. The summed E-state index contributed by atoms with van der Waals surface area (Å²) in [5.74, 6) is -0.144. The minimum Gasteiger partial charge on any atom is -0.384 e. The van der Waals surface area contributed by atoms with Crippen LogP contribution in [0.5, 0.6) is 0 Å². The second-order valence-corrected chi connectivity index (χ2v) is 8.97. The molecule has 0 saturated heterocycles. The third kappa shape index (κ3) is 4.80. The van der Waals surface area contributed by atoms with Gasteiger partial charge < -0.3 is 5.73 Å². The molecule has 11 heteroatoms. The first-order valence-corrected chi connectivity index (χ1v) is 12.0. The van der Waals surface area contributed by atoms with Crippen LogP contribution in [0.25, 0.3) is 17.1 Å². The quantitative estimate of drug-likeness (QED) is 0.283. The fraction of sp³-hybridized carbons (Fsp3) is 0.250. The third-order valence-corrected chi connectivity index (χ3v) is 6.55. The van der Waals surface area contributed by atoms with Gasteiger partial charge >= 0.3 is 5.69 Å². The summed E-state index contributed by atoms with van der Waals surface area (Å²) in [4.78, 5) is 43.8. The molecule has 0 aliphatic rings. The number of H-pyrrole nitrogens is 1. The van der Waals surface area contributed by atoms with Crippen LogP contribution < -0.4 is 17.0 Å². The molecule has 3 heterocycles. The number of nitrogen functional groups attached to an aromatic ring is 1. The van der Waals surface area contributed by atoms with E-state index >= 15 is 0 Å². The maximum atomic E-state index is 13.0. The summed E-state index contributed by atoms with van der Waals surface area (Å²) in [6.07, 6.45) is 3.96. The maximum Gasteiger partial charge on any atom is 0.329 e. The number of aromatic nitrogens is 6. The Kier molecular flexibility index (Phi) is 6.97. The number of carbonyl (C=O) groups excluding carboxylic acids is 1. The second-order valence-electron chi connectivity index (χ2n) is 8.03. The number of nitrogens with two attached hydrogens (primary N) is 1. The van der Waals surface area contributed by atoms with Crippen LogP contribution in [0, 0.1) is 13.8 Å². The molecule has 0 atom stereocenters. The van der Waals surface area contributed by atoms with Crippen molar-refractivity contribution in [3.8, 4) is 17.1 Å². The van der Waals surface area contributed by atoms with Gasteiger partial charge in [0.15, 0.2) is 16.8 Å². The smallest absolute Gasteiger partial charge is 0.329 e. The van der Waals surface area contributed by atoms with Crippen LogP contribution in [-0.4, -0.2) is 40.8 Å². The lowest BCUT2D eigenvalue weighted by atomic mass is 10.1. The van der Waals surface area contributed by atoms with Crippen LogP contribution in [0.3, 0.4) is 0 Å². The molecule has 10 nitrogen and oxygen atoms in total. The van der Waals surface area contributed by atoms with E-state index in [-0.39, 0.29) is 17.1 Å². The van der Waals surface area contributed by atoms with Crippen molar-refractivity contribution in [2.24, 2.45) is 0 Å². The minimum atomic E-state index is -0.793. The molecule has 35 heavy (non-hydrogen) atoms. The van der Waals surface area contributed by atoms with Gasteiger partial charge in [-0.2, -0.15) is 0 Å². The van der Waals surface area contributed by atoms with E-state index in [0.717, 1.165) is 34.1 Å². The predicted molar refractivity (Wildman–Crippen MR) is 135 cm³/mol. The van der Waals surface area contributed by atoms with Gasteiger partial charge in [-0.1, -0.05) is 24.8 Å². The SMILES string of the molecule is CCCn1c(N)c(C(=O)CSc2nnc(-c3ccncc3)n2-c2ccc(C)c(C)c2)c(=O)[nH]c1=O. The van der Waals surface area contributed by atoms with E-state index in [1.165, 1.54) is 4.57 Å². The molecule has 0 amide bonds. The van der Waals surface area contributed by atoms with E-state index < -0.39 is 17.0 Å². The number of hydrogen-bond acceptors (Lipinski definition) is 8. The van der Waals surface area contributed by atoms with Crippen molar-refractivity contribution in [1.29, 1.82) is 0 Å². The van der Waals surface area contributed by atoms with E-state index in [1.54, 1.807) is 12.4 Å². The normalized spacial score (nSPS) is 11.1. The molecule has 1 aromatic carbocycles. The van der Waals surface area contributed by atoms with E-state index in [0.29, 0.717) is 23.9 Å². The number of carbonyl (C=O) groups is 1. The molecule has 0 fully saturated rings. The molecule has 0 bridgehead atoms. The number of hydrogen-bond donors (Lipinski definition) is 2. The van der Waals surface area contributed by atoms with Gasteiger partial charge in [0.1, 0.15) is 11.4 Å². The Bertz CT molecular complexity index is 1510. The van der Waals surface area contributed by atoms with Crippen LogP contribution in [0.2, 0.25) is 0 Å². The number of aryl methyl sites for hydroxylation is 2. The number of thioether (sulfide) groups is 1. The number of rotatable bonds is 8. The van der Waals surface area contributed by atoms with E-state index in [2.05, 4.69) is 20.2 Å². The van der Waals surface area contributed by atoms with Gasteiger partial charge in [-0.25, -0.2) is 4.79 Å². The number of anilines is 1. The zero-order valence-corrected chi connectivity index (χ0v) is 20.4. The van der Waals surface area contributed by atoms with E-state index in [4.69, 9.17) is 5.73 Å². The standard InChI is InChI=1S/C24H25N7O3S/c1-4-11-30-20(25)19(22(33)27-23(30)34)18(32)13-35-24-29-28-21(16-7-9-26-10-8-16)31(24)17-6-5-14(2)15(3)12-17/h5-10,12H,4,11,13,25H2,1-3H3,(H,27,33,34). The number of nitrogens with one attached hydrogen (secondary N) is 1. The molecule has 0 unspecified atom stereocenters. The average molecular weight is 492 g/mol. The number of aromatic amines is 1. The van der Waals surface area contributed by atoms with Gasteiger partial charge in [-0.3, -0.25) is 28.7 Å². The molecule has 0 spiro atoms. The fourth-order valence-corrected chi connectivity index (χ4v) is 4.48. The van der Waals surface area contributed by atoms with Crippen LogP contribution in [0.4, 0.5) is 5.82 Å². The highest BCUT2D eigenvalue weighted by Gasteiger charge is 2.22. The van der Waals surface area contributed by atoms with Crippen molar-refractivity contribution in [3.63, 3.8) is 0 Å². The number of Topliss-reactive ketones (excluding diaryl/α,β-unsaturated/α-hetero) is 1. The number of benzene rings is 1. The lowest BCUT2D eigenvalue weighted by Gasteiger charge is -2.13. The highest BCUT2D eigenvalue weighted by molar-refractivity contribution is 7.99. The molecule has 0 radical (unpaired) electrons. The molecule has 3 N–H and O–H groups in total. The first kappa shape index (κ1) is 24.1. The van der Waals surface area contributed by atoms with Gasteiger partial charge in [-0.05, 0) is 55.7 Å². The Balaban J connectivity index is 1.72. The molecule has 180 valence electrons. The molecule has 0 saturated carbocycles. The summed E-state index contributed by atoms with van der Waals surface area (Å²) < 4.78 is 3.07. The monoisotopic (exact) mass is 491 g/mol. The summed E-state index contributed by atoms with van der Waals surface area (Å²) >= 11 is 1.14. The topological polar surface area (TPSA) is 142 Å². The maximum absolute atomic E-state index is 13.0. The molecule has 4 aromatic rings. The number of nitrogens with zero attached hydrogens (tertiary/aromatic N) is 5. The fourth-order valence-electron chi connectivity index (χ4n) is 3.65. The van der Waals surface area contributed by atoms with Crippen molar-refractivity contribution in [3.05, 3.63) is 80.3 Å². The van der Waals surface area contributed by atoms with Crippen LogP contribution in [-0.2, 0) is 6.54 Å². The summed E-state index contributed by atoms with van der Waals surface area (Å²) in [5.41, 5.74) is 8.30. The Morgan fingerprint density at radius 2 is 1.83 bits per heavy atom. The third-order valence-electron chi connectivity index (χ3n) is 5.62. The van der Waals surface area contributed by atoms with Crippen LogP contribution in [0.15, 0.2) is 57.5 Å². The summed E-state index contributed by atoms with van der Waals surface area (Å²) in [7, 11) is 0. The molecular weight excluding hydrogens is 466 g/mol. The van der Waals surface area contributed by atoms with Crippen molar-refractivity contribution in [2.45, 2.75) is 38.9 Å². The van der Waals surface area contributed by atoms with Crippen LogP contribution in [0.1, 0.15) is 34.8 Å². The van der Waals surface area contributed by atoms with E-state index in [1.807, 2.05) is 55.7 Å². The first-order valence-electron chi connectivity index (χ1n) is 11.0. The van der Waals surface area contributed by atoms with Gasteiger partial charge in [0, 0.05) is 24.5 Å². The molecule has 0 aliphatic carbocycles. The molecule has 3 aromatic heterocycles. The molecule has 4 rings (SSSR count). The van der Waals surface area contributed by atoms with E-state index in [9.17, 15) is 14.4 Å². The first-order chi connectivity index (χ1) is 16.8. The van der Waals surface area contributed by atoms with Gasteiger partial charge in [-0.15, -0.1) is 10.2 Å². The zero-order chi connectivity index (χ0) is 25.1. The van der Waals surface area contributed by atoms with Crippen molar-refractivity contribution in [2.75, 3.05) is 11.5 Å². The summed E-state index contributed by atoms with van der Waals surface area (Å²) in [5, 5.41) is 9.17. The Morgan fingerprint density at radius 1 is 1.09 bits per heavy atom. The summed E-state index contributed by atoms with van der Waals surface area (Å²) in [6.45, 7) is 6.22. The zero-order valence-electron chi connectivity index (χ0n) is 19.6. The lowest BCUT2D eigenvalue weighted by Crippen LogP contribution is -2.36. The van der Waals surface area contributed by atoms with Gasteiger partial charge in [0.2, 0.25) is 0 Å². The Hall–Kier alpha value is -3.99. The van der Waals surface area contributed by atoms with Crippen molar-refractivity contribution >= 4 is 23.4 Å². The van der Waals surface area contributed by atoms with Crippen LogP contribution >= 0.6 is 11.8 Å². The largest absolute Gasteiger partial charge is 0.384 e. The highest BCUT2D eigenvalue weighted by Crippen LogP contribution is 2.29. The minimum absolute atomic E-state index is 0.114. The second kappa shape index (κ2) is 10.1. The highest BCUT2D eigenvalue weighted by atomic mass is 32.2. The Morgan fingerprint density at radius 3 is 2.51 bits per heavy atom. The van der Waals surface area contributed by atoms with Gasteiger partial charge in [0.25, 0.3) is 5.56 Å². The Labute approximate surface area is 205 Å². The van der Waals surface area contributed by atoms with Gasteiger partial charge in [0.05, 0.1) is 11.4 Å². The number of pyridine rings is 1. The average Bonchev–Trinajstić information content (AvgIpc) is 3.26. The number of ketones is 1. The van der Waals surface area contributed by atoms with Crippen molar-refractivity contribution in [1.82, 2.24) is 29.3 Å². The van der Waals surface area contributed by atoms with Crippen molar-refractivity contribution < 1.29 is 4.79 Å². The lowest BCUT2D eigenvalue weighted by molar-refractivity contribution is 0.102.